The maximum atomic E-state index is 11.4. The number of rotatable bonds is 1. The number of hydrogen-bond donors (Lipinski definition) is 1. The Kier molecular flexibility index (Phi) is 1.56. The third-order valence-electron chi connectivity index (χ3n) is 2.03. The predicted molar refractivity (Wildman–Crippen MR) is 41.4 cm³/mol. The van der Waals surface area contributed by atoms with Crippen molar-refractivity contribution in [2.24, 2.45) is 5.10 Å². The molecule has 5 nitrogen and oxygen atoms in total. The second-order valence-electron chi connectivity index (χ2n) is 2.92. The van der Waals surface area contributed by atoms with Crippen LogP contribution in [0.5, 0.6) is 0 Å². The highest BCUT2D eigenvalue weighted by molar-refractivity contribution is 6.43. The van der Waals surface area contributed by atoms with Gasteiger partial charge in [-0.1, -0.05) is 0 Å². The number of carbonyl (C=O) groups is 2. The first-order chi connectivity index (χ1) is 5.77. The molecule has 2 heterocycles. The zero-order chi connectivity index (χ0) is 8.55. The number of nitrogens with zero attached hydrogens (tertiary/aromatic N) is 2. The van der Waals surface area contributed by atoms with Gasteiger partial charge < -0.3 is 4.90 Å². The minimum absolute atomic E-state index is 0.0976. The Labute approximate surface area is 69.4 Å². The molecule has 0 aromatic heterocycles. The van der Waals surface area contributed by atoms with E-state index in [2.05, 4.69) is 10.5 Å². The van der Waals surface area contributed by atoms with Crippen molar-refractivity contribution >= 4 is 17.5 Å². The van der Waals surface area contributed by atoms with Gasteiger partial charge >= 0.3 is 0 Å². The Balaban J connectivity index is 2.00. The predicted octanol–water partition coefficient (Wildman–Crippen LogP) is -0.905. The van der Waals surface area contributed by atoms with Crippen LogP contribution >= 0.6 is 0 Å². The highest BCUT2D eigenvalue weighted by atomic mass is 16.2. The Morgan fingerprint density at radius 1 is 1.50 bits per heavy atom. The molecular formula is C7H9N3O2. The van der Waals surface area contributed by atoms with Gasteiger partial charge in [-0.3, -0.25) is 9.59 Å². The largest absolute Gasteiger partial charge is 0.337 e. The van der Waals surface area contributed by atoms with E-state index in [4.69, 9.17) is 0 Å². The lowest BCUT2D eigenvalue weighted by Gasteiger charge is -2.30. The van der Waals surface area contributed by atoms with Gasteiger partial charge in [0.1, 0.15) is 5.71 Å². The molecule has 1 N–H and O–H groups in total. The standard InChI is InChI=1S/C7H9N3O2/c11-6-4-5(8-9-6)7(12)10-2-1-3-10/h1-4H2,(H,9,11). The molecule has 64 valence electrons. The van der Waals surface area contributed by atoms with Gasteiger partial charge in [-0.2, -0.15) is 5.10 Å². The number of hydrazone groups is 1. The smallest absolute Gasteiger partial charge is 0.270 e. The summed E-state index contributed by atoms with van der Waals surface area (Å²) in [5.74, 6) is -0.293. The van der Waals surface area contributed by atoms with Crippen LogP contribution in [0.3, 0.4) is 0 Å². The average Bonchev–Trinajstić information content (AvgIpc) is 2.31. The molecule has 0 saturated carbocycles. The van der Waals surface area contributed by atoms with Crippen LogP contribution in [0.1, 0.15) is 12.8 Å². The van der Waals surface area contributed by atoms with Crippen LogP contribution in [-0.4, -0.2) is 35.5 Å². The third-order valence-corrected chi connectivity index (χ3v) is 2.03. The number of carbonyl (C=O) groups excluding carboxylic acids is 2. The van der Waals surface area contributed by atoms with E-state index in [0.717, 1.165) is 19.5 Å². The molecule has 5 heteroatoms. The van der Waals surface area contributed by atoms with Crippen LogP contribution in [0.2, 0.25) is 0 Å². The fraction of sp³-hybridized carbons (Fsp3) is 0.571. The molecule has 12 heavy (non-hydrogen) atoms. The summed E-state index contributed by atoms with van der Waals surface area (Å²) in [5, 5.41) is 3.65. The van der Waals surface area contributed by atoms with Crippen molar-refractivity contribution in [1.82, 2.24) is 10.3 Å². The number of nitrogens with one attached hydrogen (secondary N) is 1. The molecule has 2 rings (SSSR count). The molecular weight excluding hydrogens is 158 g/mol. The van der Waals surface area contributed by atoms with Crippen LogP contribution < -0.4 is 5.43 Å². The van der Waals surface area contributed by atoms with E-state index in [1.807, 2.05) is 0 Å². The van der Waals surface area contributed by atoms with Gasteiger partial charge in [0.15, 0.2) is 0 Å². The SMILES string of the molecule is O=C1CC(C(=O)N2CCC2)=NN1. The van der Waals surface area contributed by atoms with Gasteiger partial charge in [0.2, 0.25) is 5.91 Å². The monoisotopic (exact) mass is 167 g/mol. The van der Waals surface area contributed by atoms with Gasteiger partial charge in [0.05, 0.1) is 6.42 Å². The van der Waals surface area contributed by atoms with Crippen LogP contribution in [-0.2, 0) is 9.59 Å². The Morgan fingerprint density at radius 3 is 2.67 bits per heavy atom. The summed E-state index contributed by atoms with van der Waals surface area (Å²) in [6, 6.07) is 0. The van der Waals surface area contributed by atoms with Gasteiger partial charge in [-0.15, -0.1) is 0 Å². The number of likely N-dealkylation sites (tertiary alicyclic amines) is 1. The molecule has 0 aromatic rings. The molecule has 0 atom stereocenters. The van der Waals surface area contributed by atoms with Crippen molar-refractivity contribution in [2.75, 3.05) is 13.1 Å². The Morgan fingerprint density at radius 2 is 2.25 bits per heavy atom. The summed E-state index contributed by atoms with van der Waals surface area (Å²) in [6.07, 6.45) is 1.19. The molecule has 1 saturated heterocycles. The van der Waals surface area contributed by atoms with E-state index in [-0.39, 0.29) is 18.2 Å². The van der Waals surface area contributed by atoms with E-state index in [1.165, 1.54) is 0 Å². The fourth-order valence-corrected chi connectivity index (χ4v) is 1.19. The minimum atomic E-state index is -0.195. The Hall–Kier alpha value is -1.39. The molecule has 0 aliphatic carbocycles. The molecule has 0 aromatic carbocycles. The van der Waals surface area contributed by atoms with Crippen molar-refractivity contribution in [2.45, 2.75) is 12.8 Å². The molecule has 2 aliphatic heterocycles. The van der Waals surface area contributed by atoms with Crippen LogP contribution in [0.4, 0.5) is 0 Å². The zero-order valence-corrected chi connectivity index (χ0v) is 6.54. The molecule has 0 bridgehead atoms. The van der Waals surface area contributed by atoms with Crippen molar-refractivity contribution in [3.05, 3.63) is 0 Å². The minimum Gasteiger partial charge on any atom is -0.337 e. The molecule has 1 fully saturated rings. The van der Waals surface area contributed by atoms with Gasteiger partial charge in [0.25, 0.3) is 5.91 Å². The van der Waals surface area contributed by atoms with E-state index >= 15 is 0 Å². The van der Waals surface area contributed by atoms with Gasteiger partial charge in [-0.05, 0) is 6.42 Å². The molecule has 2 amide bonds. The summed E-state index contributed by atoms with van der Waals surface area (Å²) in [5.41, 5.74) is 2.60. The first kappa shape index (κ1) is 7.27. The topological polar surface area (TPSA) is 61.8 Å². The molecule has 0 spiro atoms. The van der Waals surface area contributed by atoms with Crippen molar-refractivity contribution < 1.29 is 9.59 Å². The van der Waals surface area contributed by atoms with Crippen LogP contribution in [0.15, 0.2) is 5.10 Å². The summed E-state index contributed by atoms with van der Waals surface area (Å²) < 4.78 is 0. The lowest BCUT2D eigenvalue weighted by Crippen LogP contribution is -2.45. The van der Waals surface area contributed by atoms with E-state index in [1.54, 1.807) is 4.90 Å². The maximum Gasteiger partial charge on any atom is 0.270 e. The zero-order valence-electron chi connectivity index (χ0n) is 6.54. The van der Waals surface area contributed by atoms with Crippen molar-refractivity contribution in [3.63, 3.8) is 0 Å². The molecule has 0 radical (unpaired) electrons. The van der Waals surface area contributed by atoms with E-state index in [0.29, 0.717) is 5.71 Å². The summed E-state index contributed by atoms with van der Waals surface area (Å²) in [4.78, 5) is 23.8. The quantitative estimate of drug-likeness (QED) is 0.549. The van der Waals surface area contributed by atoms with Gasteiger partial charge in [-0.25, -0.2) is 5.43 Å². The average molecular weight is 167 g/mol. The summed E-state index contributed by atoms with van der Waals surface area (Å²) >= 11 is 0. The third kappa shape index (κ3) is 1.07. The first-order valence-corrected chi connectivity index (χ1v) is 3.92. The second-order valence-corrected chi connectivity index (χ2v) is 2.92. The number of amides is 2. The Bertz CT molecular complexity index is 268. The van der Waals surface area contributed by atoms with E-state index in [9.17, 15) is 9.59 Å². The van der Waals surface area contributed by atoms with Crippen LogP contribution in [0, 0.1) is 0 Å². The highest BCUT2D eigenvalue weighted by Gasteiger charge is 2.28. The second kappa shape index (κ2) is 2.58. The summed E-state index contributed by atoms with van der Waals surface area (Å²) in [7, 11) is 0. The normalized spacial score (nSPS) is 21.5. The molecule has 2 aliphatic rings. The van der Waals surface area contributed by atoms with Gasteiger partial charge in [0, 0.05) is 13.1 Å². The van der Waals surface area contributed by atoms with Crippen LogP contribution in [0.25, 0.3) is 0 Å². The molecule has 0 unspecified atom stereocenters. The van der Waals surface area contributed by atoms with Crippen molar-refractivity contribution in [3.8, 4) is 0 Å². The highest BCUT2D eigenvalue weighted by Crippen LogP contribution is 2.09. The summed E-state index contributed by atoms with van der Waals surface area (Å²) in [6.45, 7) is 1.60. The number of hydrogen-bond acceptors (Lipinski definition) is 3. The first-order valence-electron chi connectivity index (χ1n) is 3.92. The lowest BCUT2D eigenvalue weighted by atomic mass is 10.1. The fourth-order valence-electron chi connectivity index (χ4n) is 1.19. The maximum absolute atomic E-state index is 11.4. The van der Waals surface area contributed by atoms with E-state index < -0.39 is 0 Å². The lowest BCUT2D eigenvalue weighted by molar-refractivity contribution is -0.127. The van der Waals surface area contributed by atoms with Crippen molar-refractivity contribution in [1.29, 1.82) is 0 Å².